The maximum atomic E-state index is 13.7. The third-order valence-corrected chi connectivity index (χ3v) is 7.76. The molecule has 0 saturated heterocycles. The molecule has 3 aromatic carbocycles. The minimum absolute atomic E-state index is 0.0223. The summed E-state index contributed by atoms with van der Waals surface area (Å²) in [6.07, 6.45) is 2.32. The maximum absolute atomic E-state index is 13.7. The third kappa shape index (κ3) is 9.73. The largest absolute Gasteiger partial charge is 0.352 e. The van der Waals surface area contributed by atoms with Gasteiger partial charge in [0, 0.05) is 40.4 Å². The van der Waals surface area contributed by atoms with Crippen LogP contribution in [0.1, 0.15) is 44.2 Å². The van der Waals surface area contributed by atoms with E-state index in [0.717, 1.165) is 28.2 Å². The lowest BCUT2D eigenvalue weighted by Gasteiger charge is -2.32. The first-order valence-electron chi connectivity index (χ1n) is 12.6. The van der Waals surface area contributed by atoms with Crippen LogP contribution in [0.3, 0.4) is 0 Å². The van der Waals surface area contributed by atoms with Crippen LogP contribution in [-0.4, -0.2) is 34.6 Å². The lowest BCUT2D eigenvalue weighted by atomic mass is 10.0. The predicted molar refractivity (Wildman–Crippen MR) is 155 cm³/mol. The number of halogens is 2. The highest BCUT2D eigenvalue weighted by Crippen LogP contribution is 2.23. The third-order valence-electron chi connectivity index (χ3n) is 6.16. The predicted octanol–water partition coefficient (Wildman–Crippen LogP) is 7.42. The first-order chi connectivity index (χ1) is 17.9. The minimum atomic E-state index is -0.622. The van der Waals surface area contributed by atoms with Gasteiger partial charge in [-0.3, -0.25) is 9.59 Å². The fraction of sp³-hybridized carbons (Fsp3) is 0.333. The summed E-state index contributed by atoms with van der Waals surface area (Å²) in [6.45, 7) is 4.36. The van der Waals surface area contributed by atoms with Crippen molar-refractivity contribution in [2.45, 2.75) is 63.1 Å². The van der Waals surface area contributed by atoms with E-state index in [2.05, 4.69) is 5.32 Å². The van der Waals surface area contributed by atoms with E-state index in [-0.39, 0.29) is 17.9 Å². The number of hydrogen-bond acceptors (Lipinski definition) is 3. The zero-order chi connectivity index (χ0) is 26.6. The van der Waals surface area contributed by atoms with Gasteiger partial charge in [0.1, 0.15) is 6.04 Å². The molecule has 0 aliphatic rings. The van der Waals surface area contributed by atoms with Crippen LogP contribution >= 0.6 is 35.0 Å². The number of nitrogens with one attached hydrogen (secondary N) is 1. The Hall–Kier alpha value is -2.47. The highest BCUT2D eigenvalue weighted by Gasteiger charge is 2.30. The molecular formula is C30H34Cl2N2O2S. The molecule has 7 heteroatoms. The van der Waals surface area contributed by atoms with Crippen molar-refractivity contribution in [3.63, 3.8) is 0 Å². The van der Waals surface area contributed by atoms with Crippen molar-refractivity contribution in [3.05, 3.63) is 100 Å². The molecule has 0 unspecified atom stereocenters. The van der Waals surface area contributed by atoms with Crippen molar-refractivity contribution in [3.8, 4) is 0 Å². The van der Waals surface area contributed by atoms with Crippen molar-refractivity contribution in [1.29, 1.82) is 0 Å². The number of rotatable bonds is 13. The van der Waals surface area contributed by atoms with Crippen LogP contribution in [0.5, 0.6) is 0 Å². The lowest BCUT2D eigenvalue weighted by Crippen LogP contribution is -2.52. The highest BCUT2D eigenvalue weighted by atomic mass is 35.5. The quantitative estimate of drug-likeness (QED) is 0.176. The number of benzene rings is 3. The number of carbonyl (C=O) groups is 2. The number of carbonyl (C=O) groups excluding carboxylic acids is 2. The Labute approximate surface area is 234 Å². The summed E-state index contributed by atoms with van der Waals surface area (Å²) in [7, 11) is 0. The van der Waals surface area contributed by atoms with Gasteiger partial charge in [-0.1, -0.05) is 72.6 Å². The molecule has 2 amide bonds. The molecule has 0 aromatic heterocycles. The minimum Gasteiger partial charge on any atom is -0.352 e. The second-order valence-electron chi connectivity index (χ2n) is 9.08. The van der Waals surface area contributed by atoms with Crippen molar-refractivity contribution in [2.24, 2.45) is 0 Å². The maximum Gasteiger partial charge on any atom is 0.243 e. The molecule has 2 atom stereocenters. The molecule has 0 bridgehead atoms. The van der Waals surface area contributed by atoms with Gasteiger partial charge >= 0.3 is 0 Å². The van der Waals surface area contributed by atoms with Crippen LogP contribution < -0.4 is 5.32 Å². The number of thioether (sulfide) groups is 1. The zero-order valence-corrected chi connectivity index (χ0v) is 23.7. The van der Waals surface area contributed by atoms with Gasteiger partial charge in [0.15, 0.2) is 0 Å². The Balaban J connectivity index is 1.78. The Morgan fingerprint density at radius 3 is 2.14 bits per heavy atom. The van der Waals surface area contributed by atoms with Crippen LogP contribution in [0.4, 0.5) is 0 Å². The molecule has 0 spiro atoms. The number of amides is 2. The van der Waals surface area contributed by atoms with Crippen molar-refractivity contribution < 1.29 is 9.59 Å². The molecule has 196 valence electrons. The summed E-state index contributed by atoms with van der Waals surface area (Å²) in [6, 6.07) is 24.4. The van der Waals surface area contributed by atoms with Crippen LogP contribution in [-0.2, 0) is 22.6 Å². The van der Waals surface area contributed by atoms with Gasteiger partial charge in [0.2, 0.25) is 11.8 Å². The van der Waals surface area contributed by atoms with Crippen LogP contribution in [0.2, 0.25) is 10.0 Å². The topological polar surface area (TPSA) is 49.4 Å². The molecule has 0 fully saturated rings. The second-order valence-corrected chi connectivity index (χ2v) is 11.1. The summed E-state index contributed by atoms with van der Waals surface area (Å²) in [5, 5.41) is 4.45. The lowest BCUT2D eigenvalue weighted by molar-refractivity contribution is -0.141. The normalized spacial score (nSPS) is 12.5. The van der Waals surface area contributed by atoms with E-state index in [1.165, 1.54) is 0 Å². The fourth-order valence-corrected chi connectivity index (χ4v) is 4.97. The van der Waals surface area contributed by atoms with E-state index in [4.69, 9.17) is 23.2 Å². The van der Waals surface area contributed by atoms with Crippen LogP contribution in [0, 0.1) is 0 Å². The summed E-state index contributed by atoms with van der Waals surface area (Å²) in [5.74, 6) is 0.632. The molecule has 0 radical (unpaired) electrons. The molecule has 4 nitrogen and oxygen atoms in total. The van der Waals surface area contributed by atoms with E-state index in [0.29, 0.717) is 35.9 Å². The Kier molecular flexibility index (Phi) is 11.8. The van der Waals surface area contributed by atoms with Crippen molar-refractivity contribution in [2.75, 3.05) is 5.75 Å². The smallest absolute Gasteiger partial charge is 0.243 e. The van der Waals surface area contributed by atoms with Gasteiger partial charge in [-0.25, -0.2) is 0 Å². The van der Waals surface area contributed by atoms with E-state index in [9.17, 15) is 9.59 Å². The van der Waals surface area contributed by atoms with Crippen molar-refractivity contribution in [1.82, 2.24) is 10.2 Å². The summed E-state index contributed by atoms with van der Waals surface area (Å²) in [5.41, 5.74) is 1.95. The monoisotopic (exact) mass is 556 g/mol. The second kappa shape index (κ2) is 15.1. The number of hydrogen-bond donors (Lipinski definition) is 1. The average Bonchev–Trinajstić information content (AvgIpc) is 2.91. The average molecular weight is 558 g/mol. The van der Waals surface area contributed by atoms with Crippen molar-refractivity contribution >= 4 is 46.8 Å². The van der Waals surface area contributed by atoms with E-state index >= 15 is 0 Å². The molecule has 37 heavy (non-hydrogen) atoms. The number of nitrogens with zero attached hydrogens (tertiary/aromatic N) is 1. The fourth-order valence-electron chi connectivity index (χ4n) is 3.87. The first kappa shape index (κ1) is 29.1. The summed E-state index contributed by atoms with van der Waals surface area (Å²) >= 11 is 13.8. The van der Waals surface area contributed by atoms with E-state index < -0.39 is 6.04 Å². The Morgan fingerprint density at radius 1 is 0.892 bits per heavy atom. The van der Waals surface area contributed by atoms with Gasteiger partial charge < -0.3 is 10.2 Å². The molecule has 0 aliphatic heterocycles. The van der Waals surface area contributed by atoms with Crippen LogP contribution in [0.15, 0.2) is 83.8 Å². The van der Waals surface area contributed by atoms with Gasteiger partial charge in [0.25, 0.3) is 0 Å². The molecule has 1 N–H and O–H groups in total. The first-order valence-corrected chi connectivity index (χ1v) is 14.4. The highest BCUT2D eigenvalue weighted by molar-refractivity contribution is 7.99. The molecule has 0 heterocycles. The summed E-state index contributed by atoms with van der Waals surface area (Å²) < 4.78 is 0. The molecule has 3 rings (SSSR count). The van der Waals surface area contributed by atoms with Gasteiger partial charge in [-0.05, 0) is 73.0 Å². The Morgan fingerprint density at radius 2 is 1.51 bits per heavy atom. The SMILES string of the molecule is CC[C@@H](C)NC(=O)[C@H](Cc1ccccc1)N(Cc1ccc(Cl)cc1)C(=O)CCCSc1ccc(Cl)cc1. The molecule has 0 aliphatic carbocycles. The molecule has 0 saturated carbocycles. The molecular weight excluding hydrogens is 523 g/mol. The molecule has 3 aromatic rings. The van der Waals surface area contributed by atoms with Gasteiger partial charge in [-0.2, -0.15) is 0 Å². The standard InChI is InChI=1S/C30H34Cl2N2O2S/c1-3-22(2)33-30(36)28(20-23-8-5-4-6-9-23)34(21-24-11-13-25(31)14-12-24)29(35)10-7-19-37-27-17-15-26(32)16-18-27/h4-6,8-9,11-18,22,28H,3,7,10,19-21H2,1-2H3,(H,33,36)/t22-,28+/m1/s1. The van der Waals surface area contributed by atoms with E-state index in [1.807, 2.05) is 92.7 Å². The summed E-state index contributed by atoms with van der Waals surface area (Å²) in [4.78, 5) is 30.0. The van der Waals surface area contributed by atoms with Gasteiger partial charge in [0.05, 0.1) is 0 Å². The van der Waals surface area contributed by atoms with E-state index in [1.54, 1.807) is 16.7 Å². The van der Waals surface area contributed by atoms with Gasteiger partial charge in [-0.15, -0.1) is 11.8 Å². The Bertz CT molecular complexity index is 1120. The van der Waals surface area contributed by atoms with Crippen LogP contribution in [0.25, 0.3) is 0 Å². The zero-order valence-electron chi connectivity index (χ0n) is 21.3.